The minimum absolute atomic E-state index is 0.00352. The second kappa shape index (κ2) is 9.10. The lowest BCUT2D eigenvalue weighted by molar-refractivity contribution is -0.116. The molecule has 1 N–H and O–H groups in total. The first-order chi connectivity index (χ1) is 15.6. The van der Waals surface area contributed by atoms with E-state index in [0.29, 0.717) is 17.1 Å². The first-order valence-electron chi connectivity index (χ1n) is 9.91. The minimum Gasteiger partial charge on any atom is -0.496 e. The van der Waals surface area contributed by atoms with Crippen LogP contribution in [0, 0.1) is 11.3 Å². The fraction of sp³-hybridized carbons (Fsp3) is 0.125. The summed E-state index contributed by atoms with van der Waals surface area (Å²) in [5.74, 6) is 0.524. The molecule has 0 aliphatic rings. The normalized spacial score (nSPS) is 10.5. The Labute approximate surface area is 184 Å². The van der Waals surface area contributed by atoms with Crippen LogP contribution < -0.4 is 10.1 Å². The van der Waals surface area contributed by atoms with E-state index in [1.165, 1.54) is 18.0 Å². The number of methoxy groups -OCH3 is 1. The average Bonchev–Trinajstić information content (AvgIpc) is 3.24. The summed E-state index contributed by atoms with van der Waals surface area (Å²) in [6.07, 6.45) is 1.31. The van der Waals surface area contributed by atoms with Gasteiger partial charge in [0.1, 0.15) is 17.4 Å². The van der Waals surface area contributed by atoms with Crippen LogP contribution in [0.15, 0.2) is 66.9 Å². The summed E-state index contributed by atoms with van der Waals surface area (Å²) in [5.41, 5.74) is 1.38. The molecule has 0 saturated carbocycles. The number of hydrogen-bond donors (Lipinski definition) is 1. The Bertz CT molecular complexity index is 1350. The van der Waals surface area contributed by atoms with Crippen molar-refractivity contribution in [3.8, 4) is 17.6 Å². The number of benzene rings is 2. The molecule has 0 aliphatic carbocycles. The van der Waals surface area contributed by atoms with Crippen LogP contribution in [0.4, 0.5) is 5.82 Å². The molecule has 2 heterocycles. The van der Waals surface area contributed by atoms with E-state index in [0.717, 1.165) is 10.9 Å². The van der Waals surface area contributed by atoms with Gasteiger partial charge in [-0.2, -0.15) is 15.0 Å². The van der Waals surface area contributed by atoms with E-state index in [-0.39, 0.29) is 30.0 Å². The maximum atomic E-state index is 12.6. The monoisotopic (exact) mass is 425 g/mol. The molecule has 0 bridgehead atoms. The molecule has 158 valence electrons. The number of nitriles is 1. The van der Waals surface area contributed by atoms with Gasteiger partial charge in [-0.25, -0.2) is 4.98 Å². The summed E-state index contributed by atoms with van der Waals surface area (Å²) < 4.78 is 6.62. The van der Waals surface area contributed by atoms with E-state index in [2.05, 4.69) is 15.4 Å². The van der Waals surface area contributed by atoms with Crippen LogP contribution in [-0.2, 0) is 4.79 Å². The van der Waals surface area contributed by atoms with Gasteiger partial charge in [-0.15, -0.1) is 0 Å². The minimum atomic E-state index is -0.410. The molecule has 0 fully saturated rings. The van der Waals surface area contributed by atoms with Gasteiger partial charge in [0.05, 0.1) is 24.4 Å². The molecule has 32 heavy (non-hydrogen) atoms. The standard InChI is InChI=1S/C24H19N5O3/c1-32-21-9-5-3-7-18(21)20(30)11-13-23(31)28-24-17(14-25)15-26-29(24)22-12-10-16-6-2-4-8-19(16)27-22/h2-10,12,15H,11,13H2,1H3,(H,28,31). The first kappa shape index (κ1) is 20.8. The molecule has 4 rings (SSSR count). The highest BCUT2D eigenvalue weighted by Crippen LogP contribution is 2.22. The molecule has 2 aromatic heterocycles. The number of anilines is 1. The van der Waals surface area contributed by atoms with Gasteiger partial charge in [0.15, 0.2) is 17.4 Å². The Morgan fingerprint density at radius 1 is 1.06 bits per heavy atom. The largest absolute Gasteiger partial charge is 0.496 e. The number of pyridine rings is 1. The Morgan fingerprint density at radius 2 is 1.84 bits per heavy atom. The predicted molar refractivity (Wildman–Crippen MR) is 119 cm³/mol. The number of ether oxygens (including phenoxy) is 1. The third kappa shape index (κ3) is 4.18. The van der Waals surface area contributed by atoms with Gasteiger partial charge in [0.2, 0.25) is 5.91 Å². The summed E-state index contributed by atoms with van der Waals surface area (Å²) in [6, 6.07) is 20.2. The van der Waals surface area contributed by atoms with Crippen LogP contribution in [0.5, 0.6) is 5.75 Å². The maximum absolute atomic E-state index is 12.6. The van der Waals surface area contributed by atoms with Crippen molar-refractivity contribution in [2.75, 3.05) is 12.4 Å². The molecule has 0 aliphatic heterocycles. The van der Waals surface area contributed by atoms with Crippen LogP contribution in [0.2, 0.25) is 0 Å². The number of amides is 1. The predicted octanol–water partition coefficient (Wildman–Crippen LogP) is 3.90. The summed E-state index contributed by atoms with van der Waals surface area (Å²) in [6.45, 7) is 0. The van der Waals surface area contributed by atoms with Crippen LogP contribution >= 0.6 is 0 Å². The molecule has 4 aromatic rings. The lowest BCUT2D eigenvalue weighted by Gasteiger charge is -2.10. The van der Waals surface area contributed by atoms with Crippen LogP contribution in [-0.4, -0.2) is 33.6 Å². The van der Waals surface area contributed by atoms with Crippen LogP contribution in [0.3, 0.4) is 0 Å². The molecule has 1 amide bonds. The quantitative estimate of drug-likeness (QED) is 0.450. The highest BCUT2D eigenvalue weighted by Gasteiger charge is 2.18. The van der Waals surface area contributed by atoms with Crippen molar-refractivity contribution in [1.82, 2.24) is 14.8 Å². The van der Waals surface area contributed by atoms with E-state index in [9.17, 15) is 14.9 Å². The van der Waals surface area contributed by atoms with E-state index >= 15 is 0 Å². The number of Topliss-reactive ketones (excluding diaryl/α,β-unsaturated/α-hetero) is 1. The number of rotatable bonds is 7. The SMILES string of the molecule is COc1ccccc1C(=O)CCC(=O)Nc1c(C#N)cnn1-c1ccc2ccccc2n1. The van der Waals surface area contributed by atoms with E-state index in [1.54, 1.807) is 30.3 Å². The highest BCUT2D eigenvalue weighted by molar-refractivity contribution is 6.01. The van der Waals surface area contributed by atoms with E-state index in [4.69, 9.17) is 4.74 Å². The smallest absolute Gasteiger partial charge is 0.226 e. The number of nitrogens with zero attached hydrogens (tertiary/aromatic N) is 4. The number of ketones is 1. The topological polar surface area (TPSA) is 110 Å². The van der Waals surface area contributed by atoms with Gasteiger partial charge in [0, 0.05) is 18.2 Å². The van der Waals surface area contributed by atoms with Gasteiger partial charge in [0.25, 0.3) is 0 Å². The number of nitrogens with one attached hydrogen (secondary N) is 1. The molecule has 0 atom stereocenters. The Hall–Kier alpha value is -4.51. The molecule has 0 spiro atoms. The van der Waals surface area contributed by atoms with Crippen molar-refractivity contribution < 1.29 is 14.3 Å². The molecule has 8 nitrogen and oxygen atoms in total. The van der Waals surface area contributed by atoms with Gasteiger partial charge < -0.3 is 10.1 Å². The third-order valence-corrected chi connectivity index (χ3v) is 4.93. The van der Waals surface area contributed by atoms with Crippen molar-refractivity contribution >= 4 is 28.4 Å². The molecule has 8 heteroatoms. The summed E-state index contributed by atoms with van der Waals surface area (Å²) in [4.78, 5) is 29.7. The number of hydrogen-bond acceptors (Lipinski definition) is 6. The molecule has 0 unspecified atom stereocenters. The lowest BCUT2D eigenvalue weighted by Crippen LogP contribution is -2.17. The number of carbonyl (C=O) groups is 2. The zero-order valence-corrected chi connectivity index (χ0v) is 17.3. The number of para-hydroxylation sites is 2. The highest BCUT2D eigenvalue weighted by atomic mass is 16.5. The second-order valence-electron chi connectivity index (χ2n) is 6.96. The van der Waals surface area contributed by atoms with Crippen LogP contribution in [0.25, 0.3) is 16.7 Å². The fourth-order valence-corrected chi connectivity index (χ4v) is 3.33. The van der Waals surface area contributed by atoms with Crippen molar-refractivity contribution in [1.29, 1.82) is 5.26 Å². The Morgan fingerprint density at radius 3 is 2.66 bits per heavy atom. The van der Waals surface area contributed by atoms with Gasteiger partial charge in [-0.05, 0) is 30.3 Å². The Kier molecular flexibility index (Phi) is 5.90. The zero-order chi connectivity index (χ0) is 22.5. The molecular formula is C24H19N5O3. The molecule has 0 radical (unpaired) electrons. The van der Waals surface area contributed by atoms with Crippen molar-refractivity contribution in [3.63, 3.8) is 0 Å². The fourth-order valence-electron chi connectivity index (χ4n) is 3.33. The third-order valence-electron chi connectivity index (χ3n) is 4.93. The number of carbonyl (C=O) groups excluding carboxylic acids is 2. The average molecular weight is 425 g/mol. The maximum Gasteiger partial charge on any atom is 0.226 e. The van der Waals surface area contributed by atoms with Crippen LogP contribution in [0.1, 0.15) is 28.8 Å². The van der Waals surface area contributed by atoms with Crippen molar-refractivity contribution in [2.45, 2.75) is 12.8 Å². The zero-order valence-electron chi connectivity index (χ0n) is 17.3. The van der Waals surface area contributed by atoms with Crippen molar-refractivity contribution in [2.24, 2.45) is 0 Å². The van der Waals surface area contributed by atoms with Gasteiger partial charge in [-0.3, -0.25) is 9.59 Å². The van der Waals surface area contributed by atoms with Gasteiger partial charge >= 0.3 is 0 Å². The number of fused-ring (bicyclic) bond motifs is 1. The summed E-state index contributed by atoms with van der Waals surface area (Å²) in [7, 11) is 1.49. The lowest BCUT2D eigenvalue weighted by atomic mass is 10.1. The number of aromatic nitrogens is 3. The molecular weight excluding hydrogens is 406 g/mol. The van der Waals surface area contributed by atoms with Crippen molar-refractivity contribution in [3.05, 3.63) is 78.0 Å². The van der Waals surface area contributed by atoms with E-state index in [1.807, 2.05) is 36.4 Å². The molecule has 0 saturated heterocycles. The first-order valence-corrected chi connectivity index (χ1v) is 9.91. The summed E-state index contributed by atoms with van der Waals surface area (Å²) >= 11 is 0. The van der Waals surface area contributed by atoms with E-state index < -0.39 is 5.91 Å². The second-order valence-corrected chi connectivity index (χ2v) is 6.96. The van der Waals surface area contributed by atoms with Gasteiger partial charge in [-0.1, -0.05) is 30.3 Å². The Balaban J connectivity index is 1.52. The summed E-state index contributed by atoms with van der Waals surface area (Å²) in [5, 5.41) is 17.3. The molecule has 2 aromatic carbocycles.